The number of nitrogens with zero attached hydrogens (tertiary/aromatic N) is 1. The number of para-hydroxylation sites is 1. The topological polar surface area (TPSA) is 33.0 Å². The maximum atomic E-state index is 8.71. The van der Waals surface area contributed by atoms with Crippen LogP contribution in [0.15, 0.2) is 48.5 Å². The van der Waals surface area contributed by atoms with Crippen LogP contribution in [0.25, 0.3) is 0 Å². The van der Waals surface area contributed by atoms with E-state index in [1.54, 1.807) is 0 Å². The first-order valence-corrected chi connectivity index (χ1v) is 6.74. The average molecular weight is 349 g/mol. The van der Waals surface area contributed by atoms with Crippen LogP contribution in [0.2, 0.25) is 0 Å². The number of hydrogen-bond donors (Lipinski definition) is 0. The summed E-state index contributed by atoms with van der Waals surface area (Å²) in [6, 6.07) is 17.7. The molecular weight excluding hydrogens is 337 g/mol. The van der Waals surface area contributed by atoms with Crippen molar-refractivity contribution >= 4 is 22.6 Å². The molecule has 0 saturated heterocycles. The second-order valence-electron chi connectivity index (χ2n) is 3.84. The van der Waals surface area contributed by atoms with E-state index in [2.05, 4.69) is 28.7 Å². The van der Waals surface area contributed by atoms with Crippen LogP contribution in [0, 0.1) is 14.9 Å². The van der Waals surface area contributed by atoms with Crippen molar-refractivity contribution in [2.75, 3.05) is 6.61 Å². The molecule has 2 nitrogen and oxygen atoms in total. The summed E-state index contributed by atoms with van der Waals surface area (Å²) in [4.78, 5) is 0. The molecule has 2 aromatic rings. The maximum Gasteiger partial charge on any atom is 0.132 e. The van der Waals surface area contributed by atoms with E-state index < -0.39 is 0 Å². The van der Waals surface area contributed by atoms with Crippen LogP contribution in [0.5, 0.6) is 5.75 Å². The molecule has 0 N–H and O–H groups in total. The zero-order chi connectivity index (χ0) is 12.8. The van der Waals surface area contributed by atoms with E-state index in [0.717, 1.165) is 15.7 Å². The molecule has 0 saturated carbocycles. The molecule has 2 aromatic carbocycles. The normalized spacial score (nSPS) is 9.78. The number of rotatable bonds is 4. The second kappa shape index (κ2) is 6.41. The molecule has 0 aromatic heterocycles. The maximum absolute atomic E-state index is 8.71. The van der Waals surface area contributed by atoms with Gasteiger partial charge in [0.15, 0.2) is 0 Å². The molecule has 0 aliphatic rings. The molecule has 0 atom stereocenters. The molecule has 0 amide bonds. The molecule has 0 unspecified atom stereocenters. The molecule has 0 aliphatic heterocycles. The fourth-order valence-electron chi connectivity index (χ4n) is 1.59. The summed E-state index contributed by atoms with van der Waals surface area (Å²) in [6.07, 6.45) is 0.844. The second-order valence-corrected chi connectivity index (χ2v) is 5.00. The van der Waals surface area contributed by atoms with Crippen molar-refractivity contribution in [3.63, 3.8) is 0 Å². The van der Waals surface area contributed by atoms with E-state index in [1.807, 2.05) is 48.5 Å². The lowest BCUT2D eigenvalue weighted by molar-refractivity contribution is 0.320. The Balaban J connectivity index is 1.89. The van der Waals surface area contributed by atoms with Gasteiger partial charge in [0.2, 0.25) is 0 Å². The van der Waals surface area contributed by atoms with Gasteiger partial charge in [0.05, 0.1) is 21.8 Å². The van der Waals surface area contributed by atoms with Crippen LogP contribution in [0.3, 0.4) is 0 Å². The Morgan fingerprint density at radius 1 is 1.06 bits per heavy atom. The highest BCUT2D eigenvalue weighted by Crippen LogP contribution is 2.19. The minimum atomic E-state index is 0.645. The van der Waals surface area contributed by atoms with Gasteiger partial charge in [-0.2, -0.15) is 5.26 Å². The van der Waals surface area contributed by atoms with E-state index in [9.17, 15) is 0 Å². The third-order valence-corrected chi connectivity index (χ3v) is 3.46. The summed E-state index contributed by atoms with van der Waals surface area (Å²) in [6.45, 7) is 0.645. The lowest BCUT2D eigenvalue weighted by atomic mass is 10.1. The largest absolute Gasteiger partial charge is 0.492 e. The van der Waals surface area contributed by atoms with Gasteiger partial charge in [-0.05, 0) is 52.4 Å². The highest BCUT2D eigenvalue weighted by molar-refractivity contribution is 14.1. The Kier molecular flexibility index (Phi) is 4.59. The summed E-state index contributed by atoms with van der Waals surface area (Å²) in [5.74, 6) is 0.923. The molecule has 0 spiro atoms. The van der Waals surface area contributed by atoms with Gasteiger partial charge >= 0.3 is 0 Å². The van der Waals surface area contributed by atoms with Crippen molar-refractivity contribution in [2.45, 2.75) is 6.42 Å². The molecule has 0 bridgehead atoms. The highest BCUT2D eigenvalue weighted by atomic mass is 127. The third-order valence-electron chi connectivity index (χ3n) is 2.57. The fourth-order valence-corrected chi connectivity index (χ4v) is 2.13. The first-order chi connectivity index (χ1) is 8.79. The monoisotopic (exact) mass is 349 g/mol. The molecule has 90 valence electrons. The zero-order valence-corrected chi connectivity index (χ0v) is 11.9. The van der Waals surface area contributed by atoms with E-state index in [-0.39, 0.29) is 0 Å². The van der Waals surface area contributed by atoms with Crippen molar-refractivity contribution in [2.24, 2.45) is 0 Å². The summed E-state index contributed by atoms with van der Waals surface area (Å²) >= 11 is 2.26. The minimum absolute atomic E-state index is 0.645. The van der Waals surface area contributed by atoms with Gasteiger partial charge in [-0.3, -0.25) is 0 Å². The van der Waals surface area contributed by atoms with E-state index in [1.165, 1.54) is 5.56 Å². The van der Waals surface area contributed by atoms with Crippen molar-refractivity contribution in [1.29, 1.82) is 5.26 Å². The van der Waals surface area contributed by atoms with Gasteiger partial charge < -0.3 is 4.74 Å². The SMILES string of the molecule is N#Cc1ccc(CCOc2ccccc2I)cc1. The fraction of sp³-hybridized carbons (Fsp3) is 0.133. The minimum Gasteiger partial charge on any atom is -0.492 e. The van der Waals surface area contributed by atoms with E-state index in [4.69, 9.17) is 10.00 Å². The highest BCUT2D eigenvalue weighted by Gasteiger charge is 1.99. The van der Waals surface area contributed by atoms with Gasteiger partial charge in [0.25, 0.3) is 0 Å². The Hall–Kier alpha value is -1.54. The van der Waals surface area contributed by atoms with Crippen molar-refractivity contribution < 1.29 is 4.74 Å². The molecule has 3 heteroatoms. The van der Waals surface area contributed by atoms with Gasteiger partial charge in [-0.15, -0.1) is 0 Å². The van der Waals surface area contributed by atoms with Crippen molar-refractivity contribution in [1.82, 2.24) is 0 Å². The van der Waals surface area contributed by atoms with E-state index >= 15 is 0 Å². The van der Waals surface area contributed by atoms with Gasteiger partial charge in [0.1, 0.15) is 5.75 Å². The third kappa shape index (κ3) is 3.47. The molecule has 0 radical (unpaired) electrons. The van der Waals surface area contributed by atoms with Crippen LogP contribution < -0.4 is 4.74 Å². The first-order valence-electron chi connectivity index (χ1n) is 5.66. The van der Waals surface area contributed by atoms with Crippen LogP contribution in [0.4, 0.5) is 0 Å². The molecule has 0 aliphatic carbocycles. The lowest BCUT2D eigenvalue weighted by Crippen LogP contribution is -2.02. The summed E-state index contributed by atoms with van der Waals surface area (Å²) in [5.41, 5.74) is 1.87. The number of hydrogen-bond acceptors (Lipinski definition) is 2. The molecule has 2 rings (SSSR count). The number of nitriles is 1. The summed E-state index contributed by atoms with van der Waals surface area (Å²) in [7, 11) is 0. The van der Waals surface area contributed by atoms with Crippen molar-refractivity contribution in [3.05, 3.63) is 63.2 Å². The molecule has 0 fully saturated rings. The molecule has 18 heavy (non-hydrogen) atoms. The lowest BCUT2D eigenvalue weighted by Gasteiger charge is -2.07. The predicted molar refractivity (Wildman–Crippen MR) is 79.5 cm³/mol. The quantitative estimate of drug-likeness (QED) is 0.787. The summed E-state index contributed by atoms with van der Waals surface area (Å²) < 4.78 is 6.85. The Bertz CT molecular complexity index is 557. The number of ether oxygens (including phenoxy) is 1. The molecular formula is C15H12INO. The van der Waals surface area contributed by atoms with Gasteiger partial charge in [-0.25, -0.2) is 0 Å². The van der Waals surface area contributed by atoms with Crippen LogP contribution >= 0.6 is 22.6 Å². The Morgan fingerprint density at radius 2 is 1.78 bits per heavy atom. The zero-order valence-electron chi connectivity index (χ0n) is 9.77. The number of halogens is 1. The van der Waals surface area contributed by atoms with Crippen LogP contribution in [0.1, 0.15) is 11.1 Å². The number of benzene rings is 2. The smallest absolute Gasteiger partial charge is 0.132 e. The van der Waals surface area contributed by atoms with E-state index in [0.29, 0.717) is 12.2 Å². The van der Waals surface area contributed by atoms with Crippen molar-refractivity contribution in [3.8, 4) is 11.8 Å². The molecule has 0 heterocycles. The van der Waals surface area contributed by atoms with Gasteiger partial charge in [0, 0.05) is 6.42 Å². The average Bonchev–Trinajstić information content (AvgIpc) is 2.42. The predicted octanol–water partition coefficient (Wildman–Crippen LogP) is 3.78. The Labute approximate surface area is 120 Å². The summed E-state index contributed by atoms with van der Waals surface area (Å²) in [5, 5.41) is 8.71. The van der Waals surface area contributed by atoms with Crippen LogP contribution in [-0.4, -0.2) is 6.61 Å². The van der Waals surface area contributed by atoms with Gasteiger partial charge in [-0.1, -0.05) is 24.3 Å². The Morgan fingerprint density at radius 3 is 2.44 bits per heavy atom. The standard InChI is InChI=1S/C15H12INO/c16-14-3-1-2-4-15(14)18-10-9-12-5-7-13(11-17)8-6-12/h1-8H,9-10H2. The van der Waals surface area contributed by atoms with Crippen LogP contribution in [-0.2, 0) is 6.42 Å². The first kappa shape index (κ1) is 12.9.